The molecule has 2 N–H and O–H groups in total. The molecule has 2 rings (SSSR count). The van der Waals surface area contributed by atoms with Crippen molar-refractivity contribution >= 4 is 0 Å². The van der Waals surface area contributed by atoms with Crippen molar-refractivity contribution in [1.29, 1.82) is 0 Å². The molecule has 0 aromatic heterocycles. The van der Waals surface area contributed by atoms with Gasteiger partial charge < -0.3 is 15.2 Å². The number of aryl methyl sites for hydroxylation is 1. The van der Waals surface area contributed by atoms with E-state index in [9.17, 15) is 5.11 Å². The van der Waals surface area contributed by atoms with Crippen molar-refractivity contribution in [1.82, 2.24) is 5.32 Å². The molecule has 21 heavy (non-hydrogen) atoms. The van der Waals surface area contributed by atoms with E-state index >= 15 is 0 Å². The van der Waals surface area contributed by atoms with Gasteiger partial charge >= 0.3 is 0 Å². The summed E-state index contributed by atoms with van der Waals surface area (Å²) in [6, 6.07) is 8.49. The maximum absolute atomic E-state index is 10.1. The monoisotopic (exact) mass is 291 g/mol. The lowest BCUT2D eigenvalue weighted by atomic mass is 9.96. The van der Waals surface area contributed by atoms with Crippen LogP contribution >= 0.6 is 0 Å². The van der Waals surface area contributed by atoms with Crippen LogP contribution in [0.2, 0.25) is 0 Å². The maximum atomic E-state index is 10.1. The highest BCUT2D eigenvalue weighted by molar-refractivity contribution is 5.31. The zero-order valence-electron chi connectivity index (χ0n) is 13.2. The second kappa shape index (κ2) is 9.06. The van der Waals surface area contributed by atoms with Gasteiger partial charge in [-0.25, -0.2) is 0 Å². The minimum absolute atomic E-state index is 0.352. The van der Waals surface area contributed by atoms with Crippen LogP contribution in [-0.4, -0.2) is 30.4 Å². The van der Waals surface area contributed by atoms with Crippen molar-refractivity contribution < 1.29 is 9.84 Å². The van der Waals surface area contributed by atoms with Gasteiger partial charge in [0.1, 0.15) is 18.5 Å². The van der Waals surface area contributed by atoms with Gasteiger partial charge in [-0.05, 0) is 31.4 Å². The normalized spacial score (nSPS) is 18.8. The third-order valence-electron chi connectivity index (χ3n) is 4.27. The fourth-order valence-corrected chi connectivity index (χ4v) is 2.93. The van der Waals surface area contributed by atoms with Crippen LogP contribution in [0, 0.1) is 6.92 Å². The number of benzene rings is 1. The Morgan fingerprint density at radius 3 is 2.52 bits per heavy atom. The Kier molecular flexibility index (Phi) is 7.04. The van der Waals surface area contributed by atoms with E-state index in [-0.39, 0.29) is 0 Å². The van der Waals surface area contributed by atoms with Crippen LogP contribution in [0.3, 0.4) is 0 Å². The minimum atomic E-state index is -0.449. The lowest BCUT2D eigenvalue weighted by molar-refractivity contribution is 0.102. The lowest BCUT2D eigenvalue weighted by Gasteiger charge is -2.23. The molecule has 1 unspecified atom stereocenters. The van der Waals surface area contributed by atoms with Crippen molar-refractivity contribution in [3.05, 3.63) is 29.8 Å². The number of para-hydroxylation sites is 1. The fraction of sp³-hybridized carbons (Fsp3) is 0.667. The molecule has 1 aliphatic carbocycles. The average Bonchev–Trinajstić information content (AvgIpc) is 2.45. The van der Waals surface area contributed by atoms with Crippen LogP contribution in [0.1, 0.15) is 50.5 Å². The van der Waals surface area contributed by atoms with Gasteiger partial charge in [0.25, 0.3) is 0 Å². The van der Waals surface area contributed by atoms with Crippen molar-refractivity contribution in [3.8, 4) is 5.75 Å². The van der Waals surface area contributed by atoms with Gasteiger partial charge in [0.2, 0.25) is 0 Å². The quantitative estimate of drug-likeness (QED) is 0.843. The third-order valence-corrected chi connectivity index (χ3v) is 4.27. The van der Waals surface area contributed by atoms with Gasteiger partial charge in [-0.1, -0.05) is 50.3 Å². The molecule has 0 amide bonds. The predicted octanol–water partition coefficient (Wildman–Crippen LogP) is 3.44. The summed E-state index contributed by atoms with van der Waals surface area (Å²) in [5.41, 5.74) is 1.11. The van der Waals surface area contributed by atoms with E-state index in [1.165, 1.54) is 44.9 Å². The molecule has 3 heteroatoms. The zero-order valence-corrected chi connectivity index (χ0v) is 13.2. The van der Waals surface area contributed by atoms with Gasteiger partial charge in [-0.3, -0.25) is 0 Å². The summed E-state index contributed by atoms with van der Waals surface area (Å²) in [5.74, 6) is 0.863. The summed E-state index contributed by atoms with van der Waals surface area (Å²) in [5, 5.41) is 13.6. The van der Waals surface area contributed by atoms with E-state index in [0.717, 1.165) is 11.3 Å². The first kappa shape index (κ1) is 16.3. The highest BCUT2D eigenvalue weighted by atomic mass is 16.5. The Bertz CT molecular complexity index is 400. The number of aliphatic hydroxyl groups excluding tert-OH is 1. The summed E-state index contributed by atoms with van der Waals surface area (Å²) in [4.78, 5) is 0. The van der Waals surface area contributed by atoms with Crippen molar-refractivity contribution in [3.63, 3.8) is 0 Å². The molecule has 1 aromatic rings. The van der Waals surface area contributed by atoms with Crippen LogP contribution in [0.15, 0.2) is 24.3 Å². The Morgan fingerprint density at radius 2 is 1.81 bits per heavy atom. The van der Waals surface area contributed by atoms with E-state index in [2.05, 4.69) is 5.32 Å². The van der Waals surface area contributed by atoms with E-state index in [4.69, 9.17) is 4.74 Å². The summed E-state index contributed by atoms with van der Waals surface area (Å²) in [6.07, 6.45) is 8.76. The number of rotatable bonds is 6. The van der Waals surface area contributed by atoms with Gasteiger partial charge in [0, 0.05) is 12.6 Å². The molecule has 0 radical (unpaired) electrons. The molecule has 0 spiro atoms. The maximum Gasteiger partial charge on any atom is 0.122 e. The molecule has 1 fully saturated rings. The summed E-state index contributed by atoms with van der Waals surface area (Å²) in [6.45, 7) is 3.00. The van der Waals surface area contributed by atoms with Crippen molar-refractivity contribution in [2.75, 3.05) is 13.2 Å². The number of aliphatic hydroxyl groups is 1. The molecule has 1 aliphatic rings. The molecule has 0 aliphatic heterocycles. The Hall–Kier alpha value is -1.06. The minimum Gasteiger partial charge on any atom is -0.491 e. The first-order valence-electron chi connectivity index (χ1n) is 8.35. The van der Waals surface area contributed by atoms with E-state index in [0.29, 0.717) is 19.2 Å². The van der Waals surface area contributed by atoms with Gasteiger partial charge in [-0.15, -0.1) is 0 Å². The standard InChI is InChI=1S/C18H29NO2/c1-15-9-7-8-12-18(15)21-14-17(20)13-19-16-10-5-3-2-4-6-11-16/h7-9,12,16-17,19-20H,2-6,10-11,13-14H2,1H3. The van der Waals surface area contributed by atoms with E-state index in [1.54, 1.807) is 0 Å². The van der Waals surface area contributed by atoms with E-state index in [1.807, 2.05) is 31.2 Å². The summed E-state index contributed by atoms with van der Waals surface area (Å²) >= 11 is 0. The van der Waals surface area contributed by atoms with Crippen LogP contribution in [0.5, 0.6) is 5.75 Å². The molecule has 1 aromatic carbocycles. The molecule has 0 heterocycles. The Balaban J connectivity index is 1.67. The SMILES string of the molecule is Cc1ccccc1OCC(O)CNC1CCCCCCC1. The highest BCUT2D eigenvalue weighted by Gasteiger charge is 2.13. The summed E-state index contributed by atoms with van der Waals surface area (Å²) in [7, 11) is 0. The molecule has 118 valence electrons. The molecule has 1 saturated carbocycles. The molecular formula is C18H29NO2. The molecular weight excluding hydrogens is 262 g/mol. The van der Waals surface area contributed by atoms with Gasteiger partial charge in [0.05, 0.1) is 0 Å². The second-order valence-corrected chi connectivity index (χ2v) is 6.18. The summed E-state index contributed by atoms with van der Waals surface area (Å²) < 4.78 is 5.69. The van der Waals surface area contributed by atoms with Gasteiger partial charge in [-0.2, -0.15) is 0 Å². The second-order valence-electron chi connectivity index (χ2n) is 6.18. The largest absolute Gasteiger partial charge is 0.491 e. The number of ether oxygens (including phenoxy) is 1. The number of hydrogen-bond donors (Lipinski definition) is 2. The molecule has 3 nitrogen and oxygen atoms in total. The first-order chi connectivity index (χ1) is 10.3. The van der Waals surface area contributed by atoms with Crippen molar-refractivity contribution in [2.24, 2.45) is 0 Å². The van der Waals surface area contributed by atoms with Crippen LogP contribution in [0.4, 0.5) is 0 Å². The van der Waals surface area contributed by atoms with Crippen molar-refractivity contribution in [2.45, 2.75) is 64.0 Å². The van der Waals surface area contributed by atoms with Crippen LogP contribution in [0.25, 0.3) is 0 Å². The molecule has 0 bridgehead atoms. The average molecular weight is 291 g/mol. The first-order valence-corrected chi connectivity index (χ1v) is 8.35. The smallest absolute Gasteiger partial charge is 0.122 e. The lowest BCUT2D eigenvalue weighted by Crippen LogP contribution is -2.38. The molecule has 0 saturated heterocycles. The fourth-order valence-electron chi connectivity index (χ4n) is 2.93. The zero-order chi connectivity index (χ0) is 14.9. The van der Waals surface area contributed by atoms with Crippen LogP contribution < -0.4 is 10.1 Å². The third kappa shape index (κ3) is 6.06. The van der Waals surface area contributed by atoms with Gasteiger partial charge in [0.15, 0.2) is 0 Å². The Labute approximate surface area is 128 Å². The number of nitrogens with one attached hydrogen (secondary N) is 1. The molecule has 1 atom stereocenters. The van der Waals surface area contributed by atoms with Crippen LogP contribution in [-0.2, 0) is 0 Å². The Morgan fingerprint density at radius 1 is 1.14 bits per heavy atom. The predicted molar refractivity (Wildman–Crippen MR) is 86.8 cm³/mol. The highest BCUT2D eigenvalue weighted by Crippen LogP contribution is 2.18. The topological polar surface area (TPSA) is 41.5 Å². The van der Waals surface area contributed by atoms with E-state index < -0.39 is 6.10 Å². The number of hydrogen-bond acceptors (Lipinski definition) is 3.